The van der Waals surface area contributed by atoms with Crippen molar-refractivity contribution in [3.63, 3.8) is 0 Å². The number of aromatic amines is 1. The molecule has 1 aromatic heterocycles. The summed E-state index contributed by atoms with van der Waals surface area (Å²) in [6, 6.07) is 4.91. The van der Waals surface area contributed by atoms with E-state index in [1.54, 1.807) is 13.0 Å². The van der Waals surface area contributed by atoms with Crippen molar-refractivity contribution in [2.45, 2.75) is 57.7 Å². The molecule has 0 saturated carbocycles. The van der Waals surface area contributed by atoms with E-state index >= 15 is 8.78 Å². The van der Waals surface area contributed by atoms with Crippen molar-refractivity contribution < 1.29 is 26.7 Å². The average Bonchev–Trinajstić information content (AvgIpc) is 3.13. The van der Waals surface area contributed by atoms with Crippen LogP contribution in [0.2, 0.25) is 0 Å². The Balaban J connectivity index is 1.50. The molecular weight excluding hydrogens is 477 g/mol. The Labute approximate surface area is 207 Å². The summed E-state index contributed by atoms with van der Waals surface area (Å²) < 4.78 is 78.0. The lowest BCUT2D eigenvalue weighted by atomic mass is 9.88. The second-order valence-electron chi connectivity index (χ2n) is 9.90. The zero-order valence-corrected chi connectivity index (χ0v) is 20.3. The summed E-state index contributed by atoms with van der Waals surface area (Å²) in [5, 5.41) is 0.594. The van der Waals surface area contributed by atoms with Gasteiger partial charge in [-0.15, -0.1) is 0 Å². The molecule has 0 radical (unpaired) electrons. The number of aromatic nitrogens is 1. The number of ether oxygens (including phenoxy) is 1. The van der Waals surface area contributed by atoms with E-state index in [9.17, 15) is 13.2 Å². The molecule has 9 heteroatoms. The topological polar surface area (TPSA) is 31.5 Å². The smallest absolute Gasteiger partial charge is 0.251 e. The summed E-state index contributed by atoms with van der Waals surface area (Å²) in [7, 11) is 0. The van der Waals surface area contributed by atoms with Crippen molar-refractivity contribution >= 4 is 10.9 Å². The zero-order valence-electron chi connectivity index (χ0n) is 20.3. The first-order valence-corrected chi connectivity index (χ1v) is 12.5. The fraction of sp³-hybridized carbons (Fsp3) is 0.481. The second-order valence-corrected chi connectivity index (χ2v) is 9.90. The molecule has 3 aromatic rings. The summed E-state index contributed by atoms with van der Waals surface area (Å²) >= 11 is 0. The van der Waals surface area contributed by atoms with E-state index in [0.29, 0.717) is 41.7 Å². The van der Waals surface area contributed by atoms with Crippen LogP contribution in [-0.4, -0.2) is 59.5 Å². The van der Waals surface area contributed by atoms with Gasteiger partial charge in [-0.05, 0) is 50.1 Å². The Morgan fingerprint density at radius 2 is 1.81 bits per heavy atom. The van der Waals surface area contributed by atoms with Crippen molar-refractivity contribution in [3.05, 3.63) is 64.6 Å². The van der Waals surface area contributed by atoms with E-state index in [2.05, 4.69) is 16.8 Å². The Morgan fingerprint density at radius 3 is 2.47 bits per heavy atom. The first-order chi connectivity index (χ1) is 17.2. The molecule has 3 heterocycles. The SMILES string of the molecule is CCCCN1CC(Oc2cc(F)c([C@H]3c4[nH]c5ccc(F)cc5c4C[C@H](C)N3CC(F)F)c(F)c2)C1. The standard InChI is InChI=1S/C27H30F5N3O/c1-3-4-7-34-12-18(13-34)36-17-10-21(29)25(22(30)11-17)27-26-20(8-15(2)35(27)14-24(31)32)19-9-16(28)5-6-23(19)33-26/h5-6,9-11,15,18,24,27,33H,3-4,7-8,12-14H2,1-2H3/t15-,27-/m0/s1. The third-order valence-electron chi connectivity index (χ3n) is 7.30. The number of likely N-dealkylation sites (tertiary alicyclic amines) is 1. The molecule has 0 amide bonds. The molecule has 0 spiro atoms. The molecule has 1 saturated heterocycles. The predicted octanol–water partition coefficient (Wildman–Crippen LogP) is 6.05. The molecule has 4 nitrogen and oxygen atoms in total. The molecule has 1 N–H and O–H groups in total. The average molecular weight is 508 g/mol. The summed E-state index contributed by atoms with van der Waals surface area (Å²) in [6.45, 7) is 5.57. The van der Waals surface area contributed by atoms with Gasteiger partial charge in [-0.3, -0.25) is 9.80 Å². The highest BCUT2D eigenvalue weighted by Crippen LogP contribution is 2.43. The Kier molecular flexibility index (Phi) is 6.96. The van der Waals surface area contributed by atoms with E-state index in [0.717, 1.165) is 31.5 Å². The molecular formula is C27H30F5N3O. The molecule has 2 aliphatic heterocycles. The highest BCUT2D eigenvalue weighted by molar-refractivity contribution is 5.85. The number of halogens is 5. The van der Waals surface area contributed by atoms with E-state index in [1.165, 1.54) is 17.0 Å². The van der Waals surface area contributed by atoms with Gasteiger partial charge in [0.25, 0.3) is 6.43 Å². The first-order valence-electron chi connectivity index (χ1n) is 12.5. The van der Waals surface area contributed by atoms with Gasteiger partial charge < -0.3 is 9.72 Å². The highest BCUT2D eigenvalue weighted by atomic mass is 19.3. The number of hydrogen-bond donors (Lipinski definition) is 1. The van der Waals surface area contributed by atoms with Crippen LogP contribution in [0, 0.1) is 17.5 Å². The maximum atomic E-state index is 15.5. The molecule has 2 aliphatic rings. The van der Waals surface area contributed by atoms with Gasteiger partial charge >= 0.3 is 0 Å². The lowest BCUT2D eigenvalue weighted by Crippen LogP contribution is -2.53. The van der Waals surface area contributed by atoms with Crippen LogP contribution >= 0.6 is 0 Å². The third-order valence-corrected chi connectivity index (χ3v) is 7.30. The lowest BCUT2D eigenvalue weighted by Gasteiger charge is -2.41. The van der Waals surface area contributed by atoms with Crippen LogP contribution in [0.15, 0.2) is 30.3 Å². The molecule has 1 fully saturated rings. The Morgan fingerprint density at radius 1 is 1.08 bits per heavy atom. The number of fused-ring (bicyclic) bond motifs is 3. The Hall–Kier alpha value is -2.65. The van der Waals surface area contributed by atoms with Crippen LogP contribution in [0.25, 0.3) is 10.9 Å². The van der Waals surface area contributed by atoms with Crippen molar-refractivity contribution in [1.29, 1.82) is 0 Å². The molecule has 36 heavy (non-hydrogen) atoms. The molecule has 2 atom stereocenters. The molecule has 0 unspecified atom stereocenters. The van der Waals surface area contributed by atoms with Crippen molar-refractivity contribution in [2.24, 2.45) is 0 Å². The van der Waals surface area contributed by atoms with Crippen LogP contribution in [0.3, 0.4) is 0 Å². The molecule has 194 valence electrons. The maximum Gasteiger partial charge on any atom is 0.251 e. The fourth-order valence-corrected chi connectivity index (χ4v) is 5.53. The van der Waals surface area contributed by atoms with Gasteiger partial charge in [0.05, 0.1) is 12.6 Å². The van der Waals surface area contributed by atoms with Crippen LogP contribution < -0.4 is 4.74 Å². The summed E-state index contributed by atoms with van der Waals surface area (Å²) in [5.41, 5.74) is 1.37. The number of nitrogens with zero attached hydrogens (tertiary/aromatic N) is 2. The zero-order chi connectivity index (χ0) is 25.6. The minimum absolute atomic E-state index is 0.0806. The number of hydrogen-bond acceptors (Lipinski definition) is 3. The predicted molar refractivity (Wildman–Crippen MR) is 128 cm³/mol. The second kappa shape index (κ2) is 10.0. The van der Waals surface area contributed by atoms with Crippen molar-refractivity contribution in [3.8, 4) is 5.75 Å². The van der Waals surface area contributed by atoms with Gasteiger partial charge in [0.1, 0.15) is 29.3 Å². The van der Waals surface area contributed by atoms with E-state index in [4.69, 9.17) is 4.74 Å². The van der Waals surface area contributed by atoms with Gasteiger partial charge in [-0.1, -0.05) is 13.3 Å². The van der Waals surface area contributed by atoms with Gasteiger partial charge in [0.15, 0.2) is 0 Å². The number of alkyl halides is 2. The van der Waals surface area contributed by atoms with Crippen LogP contribution in [0.1, 0.15) is 49.6 Å². The first kappa shape index (κ1) is 25.0. The normalized spacial score (nSPS) is 21.2. The maximum absolute atomic E-state index is 15.5. The van der Waals surface area contributed by atoms with Gasteiger partial charge in [-0.2, -0.15) is 0 Å². The van der Waals surface area contributed by atoms with Crippen LogP contribution in [0.5, 0.6) is 5.75 Å². The number of nitrogens with one attached hydrogen (secondary N) is 1. The molecule has 0 aliphatic carbocycles. The fourth-order valence-electron chi connectivity index (χ4n) is 5.53. The quantitative estimate of drug-likeness (QED) is 0.377. The van der Waals surface area contributed by atoms with Crippen LogP contribution in [0.4, 0.5) is 22.0 Å². The van der Waals surface area contributed by atoms with Crippen LogP contribution in [-0.2, 0) is 6.42 Å². The van der Waals surface area contributed by atoms with E-state index in [-0.39, 0.29) is 17.4 Å². The monoisotopic (exact) mass is 507 g/mol. The van der Waals surface area contributed by atoms with Crippen molar-refractivity contribution in [2.75, 3.05) is 26.2 Å². The number of benzene rings is 2. The van der Waals surface area contributed by atoms with E-state index < -0.39 is 42.5 Å². The Bertz CT molecular complexity index is 1220. The number of H-pyrrole nitrogens is 1. The number of unbranched alkanes of at least 4 members (excludes halogenated alkanes) is 1. The molecule has 5 rings (SSSR count). The number of rotatable bonds is 8. The minimum atomic E-state index is -2.69. The van der Waals surface area contributed by atoms with Gasteiger partial charge in [0.2, 0.25) is 0 Å². The van der Waals surface area contributed by atoms with Gasteiger partial charge in [-0.25, -0.2) is 22.0 Å². The summed E-state index contributed by atoms with van der Waals surface area (Å²) in [4.78, 5) is 6.77. The summed E-state index contributed by atoms with van der Waals surface area (Å²) in [5.74, 6) is -2.08. The lowest BCUT2D eigenvalue weighted by molar-refractivity contribution is 0.0188. The van der Waals surface area contributed by atoms with E-state index in [1.807, 2.05) is 0 Å². The summed E-state index contributed by atoms with van der Waals surface area (Å²) in [6.07, 6.45) is -0.312. The largest absolute Gasteiger partial charge is 0.488 e. The molecule has 2 aromatic carbocycles. The minimum Gasteiger partial charge on any atom is -0.488 e. The highest BCUT2D eigenvalue weighted by Gasteiger charge is 2.40. The third kappa shape index (κ3) is 4.70. The molecule has 0 bridgehead atoms. The van der Waals surface area contributed by atoms with Gasteiger partial charge in [0, 0.05) is 53.4 Å². The van der Waals surface area contributed by atoms with Crippen molar-refractivity contribution in [1.82, 2.24) is 14.8 Å².